The van der Waals surface area contributed by atoms with Crippen LogP contribution >= 0.6 is 0 Å². The zero-order valence-electron chi connectivity index (χ0n) is 12.3. The summed E-state index contributed by atoms with van der Waals surface area (Å²) in [6, 6.07) is 18.3. The van der Waals surface area contributed by atoms with E-state index in [0.29, 0.717) is 6.42 Å². The van der Waals surface area contributed by atoms with Gasteiger partial charge < -0.3 is 0 Å². The van der Waals surface area contributed by atoms with Crippen molar-refractivity contribution in [2.24, 2.45) is 5.10 Å². The summed E-state index contributed by atoms with van der Waals surface area (Å²) in [6.45, 7) is 2.06. The number of carbonyl (C=O) groups excluding carboxylic acids is 1. The van der Waals surface area contributed by atoms with Gasteiger partial charge in [-0.25, -0.2) is 5.43 Å². The van der Waals surface area contributed by atoms with Crippen molar-refractivity contribution in [3.63, 3.8) is 0 Å². The second kappa shape index (κ2) is 8.00. The summed E-state index contributed by atoms with van der Waals surface area (Å²) in [6.07, 6.45) is 4.10. The molecule has 0 aliphatic carbocycles. The minimum atomic E-state index is -0.0333. The first-order chi connectivity index (χ1) is 10.3. The van der Waals surface area contributed by atoms with Gasteiger partial charge in [0, 0.05) is 6.42 Å². The van der Waals surface area contributed by atoms with Crippen LogP contribution in [0.15, 0.2) is 59.7 Å². The van der Waals surface area contributed by atoms with Crippen LogP contribution < -0.4 is 5.43 Å². The lowest BCUT2D eigenvalue weighted by atomic mass is 10.0. The van der Waals surface area contributed by atoms with Gasteiger partial charge in [-0.2, -0.15) is 5.10 Å². The quantitative estimate of drug-likeness (QED) is 0.631. The normalized spacial score (nSPS) is 10.7. The molecular weight excluding hydrogens is 260 g/mol. The summed E-state index contributed by atoms with van der Waals surface area (Å²) in [5.74, 6) is -0.0333. The number of benzene rings is 2. The third-order valence-electron chi connectivity index (χ3n) is 3.18. The zero-order valence-corrected chi connectivity index (χ0v) is 12.3. The first-order valence-electron chi connectivity index (χ1n) is 7.27. The Labute approximate surface area is 125 Å². The molecule has 0 saturated carbocycles. The highest BCUT2D eigenvalue weighted by Gasteiger charge is 1.98. The number of hydrazone groups is 1. The summed E-state index contributed by atoms with van der Waals surface area (Å²) in [7, 11) is 0. The molecule has 0 aliphatic rings. The molecule has 0 aromatic heterocycles. The van der Waals surface area contributed by atoms with E-state index in [1.54, 1.807) is 6.21 Å². The van der Waals surface area contributed by atoms with E-state index in [1.807, 2.05) is 30.3 Å². The monoisotopic (exact) mass is 280 g/mol. The van der Waals surface area contributed by atoms with Crippen LogP contribution in [-0.2, 0) is 4.79 Å². The molecule has 2 aromatic carbocycles. The minimum Gasteiger partial charge on any atom is -0.273 e. The predicted molar refractivity (Wildman–Crippen MR) is 87.1 cm³/mol. The second-order valence-corrected chi connectivity index (χ2v) is 4.88. The third kappa shape index (κ3) is 4.88. The lowest BCUT2D eigenvalue weighted by Crippen LogP contribution is -2.16. The smallest absolute Gasteiger partial charge is 0.240 e. The molecule has 3 nitrogen and oxygen atoms in total. The summed E-state index contributed by atoms with van der Waals surface area (Å²) < 4.78 is 0. The molecule has 2 aromatic rings. The number of nitrogens with one attached hydrogen (secondary N) is 1. The SMILES string of the molecule is CCCCC(=O)N/N=C/c1ccc(-c2ccccc2)cc1. The van der Waals surface area contributed by atoms with Gasteiger partial charge in [-0.05, 0) is 23.1 Å². The first-order valence-corrected chi connectivity index (χ1v) is 7.27. The molecule has 0 unspecified atom stereocenters. The van der Waals surface area contributed by atoms with Crippen molar-refractivity contribution in [1.82, 2.24) is 5.43 Å². The Bertz CT molecular complexity index is 588. The van der Waals surface area contributed by atoms with Crippen LogP contribution in [0.4, 0.5) is 0 Å². The van der Waals surface area contributed by atoms with Gasteiger partial charge >= 0.3 is 0 Å². The highest BCUT2D eigenvalue weighted by atomic mass is 16.2. The number of hydrogen-bond donors (Lipinski definition) is 1. The van der Waals surface area contributed by atoms with E-state index in [9.17, 15) is 4.79 Å². The molecule has 3 heteroatoms. The van der Waals surface area contributed by atoms with Crippen molar-refractivity contribution in [2.75, 3.05) is 0 Å². The van der Waals surface area contributed by atoms with E-state index in [2.05, 4.69) is 41.7 Å². The lowest BCUT2D eigenvalue weighted by molar-refractivity contribution is -0.121. The molecule has 1 amide bonds. The highest BCUT2D eigenvalue weighted by molar-refractivity contribution is 5.83. The standard InChI is InChI=1S/C18H20N2O/c1-2-3-9-18(21)20-19-14-15-10-12-17(13-11-15)16-7-5-4-6-8-16/h4-8,10-14H,2-3,9H2,1H3,(H,20,21)/b19-14+. The number of nitrogens with zero attached hydrogens (tertiary/aromatic N) is 1. The fourth-order valence-electron chi connectivity index (χ4n) is 1.96. The topological polar surface area (TPSA) is 41.5 Å². The van der Waals surface area contributed by atoms with E-state index in [4.69, 9.17) is 0 Å². The molecule has 1 N–H and O–H groups in total. The summed E-state index contributed by atoms with van der Waals surface area (Å²) >= 11 is 0. The van der Waals surface area contributed by atoms with Gasteiger partial charge in [-0.15, -0.1) is 0 Å². The van der Waals surface area contributed by atoms with Crippen molar-refractivity contribution in [2.45, 2.75) is 26.2 Å². The number of unbranched alkanes of at least 4 members (excludes halogenated alkanes) is 1. The van der Waals surface area contributed by atoms with Crippen LogP contribution in [0.25, 0.3) is 11.1 Å². The summed E-state index contributed by atoms with van der Waals surface area (Å²) in [5.41, 5.74) is 5.86. The third-order valence-corrected chi connectivity index (χ3v) is 3.18. The average Bonchev–Trinajstić information content (AvgIpc) is 2.54. The minimum absolute atomic E-state index is 0.0333. The predicted octanol–water partition coefficient (Wildman–Crippen LogP) is 3.99. The van der Waals surface area contributed by atoms with E-state index in [0.717, 1.165) is 18.4 Å². The fourth-order valence-corrected chi connectivity index (χ4v) is 1.96. The molecule has 0 fully saturated rings. The van der Waals surface area contributed by atoms with E-state index in [1.165, 1.54) is 11.1 Å². The van der Waals surface area contributed by atoms with Crippen LogP contribution in [0, 0.1) is 0 Å². The lowest BCUT2D eigenvalue weighted by Gasteiger charge is -2.02. The maximum atomic E-state index is 11.4. The number of carbonyl (C=O) groups is 1. The van der Waals surface area contributed by atoms with Crippen molar-refractivity contribution >= 4 is 12.1 Å². The first kappa shape index (κ1) is 15.0. The Kier molecular flexibility index (Phi) is 5.71. The average molecular weight is 280 g/mol. The molecule has 2 rings (SSSR count). The molecule has 0 spiro atoms. The number of rotatable bonds is 6. The van der Waals surface area contributed by atoms with Crippen molar-refractivity contribution in [3.05, 3.63) is 60.2 Å². The highest BCUT2D eigenvalue weighted by Crippen LogP contribution is 2.18. The van der Waals surface area contributed by atoms with Gasteiger partial charge in [-0.1, -0.05) is 67.9 Å². The van der Waals surface area contributed by atoms with E-state index < -0.39 is 0 Å². The number of amides is 1. The molecule has 0 atom stereocenters. The van der Waals surface area contributed by atoms with Crippen LogP contribution in [0.2, 0.25) is 0 Å². The molecule has 0 aliphatic heterocycles. The maximum absolute atomic E-state index is 11.4. The molecule has 0 saturated heterocycles. The Balaban J connectivity index is 1.92. The van der Waals surface area contributed by atoms with Crippen LogP contribution in [-0.4, -0.2) is 12.1 Å². The van der Waals surface area contributed by atoms with E-state index >= 15 is 0 Å². The Morgan fingerprint density at radius 2 is 1.71 bits per heavy atom. The molecule has 0 heterocycles. The van der Waals surface area contributed by atoms with Gasteiger partial charge in [0.25, 0.3) is 0 Å². The fraction of sp³-hybridized carbons (Fsp3) is 0.222. The summed E-state index contributed by atoms with van der Waals surface area (Å²) in [4.78, 5) is 11.4. The zero-order chi connectivity index (χ0) is 14.9. The molecule has 0 bridgehead atoms. The van der Waals surface area contributed by atoms with Crippen molar-refractivity contribution < 1.29 is 4.79 Å². The van der Waals surface area contributed by atoms with Gasteiger partial charge in [0.05, 0.1) is 6.21 Å². The summed E-state index contributed by atoms with van der Waals surface area (Å²) in [5, 5.41) is 3.97. The van der Waals surface area contributed by atoms with E-state index in [-0.39, 0.29) is 5.91 Å². The largest absolute Gasteiger partial charge is 0.273 e. The van der Waals surface area contributed by atoms with Crippen LogP contribution in [0.3, 0.4) is 0 Å². The number of hydrogen-bond acceptors (Lipinski definition) is 2. The van der Waals surface area contributed by atoms with Crippen molar-refractivity contribution in [1.29, 1.82) is 0 Å². The van der Waals surface area contributed by atoms with Gasteiger partial charge in [0.2, 0.25) is 5.91 Å². The van der Waals surface area contributed by atoms with Crippen LogP contribution in [0.1, 0.15) is 31.7 Å². The van der Waals surface area contributed by atoms with Crippen LogP contribution in [0.5, 0.6) is 0 Å². The molecule has 21 heavy (non-hydrogen) atoms. The molecule has 108 valence electrons. The van der Waals surface area contributed by atoms with Gasteiger partial charge in [0.1, 0.15) is 0 Å². The molecule has 0 radical (unpaired) electrons. The Morgan fingerprint density at radius 3 is 2.38 bits per heavy atom. The van der Waals surface area contributed by atoms with Crippen molar-refractivity contribution in [3.8, 4) is 11.1 Å². The molecular formula is C18H20N2O. The Morgan fingerprint density at radius 1 is 1.05 bits per heavy atom. The second-order valence-electron chi connectivity index (χ2n) is 4.88. The van der Waals surface area contributed by atoms with Gasteiger partial charge in [0.15, 0.2) is 0 Å². The Hall–Kier alpha value is -2.42. The maximum Gasteiger partial charge on any atom is 0.240 e. The van der Waals surface area contributed by atoms with Gasteiger partial charge in [-0.3, -0.25) is 4.79 Å².